The Labute approximate surface area is 215 Å². The molecule has 1 aliphatic carbocycles. The molecular formula is C27H22FN7OS. The lowest BCUT2D eigenvalue weighted by Gasteiger charge is -2.22. The van der Waals surface area contributed by atoms with E-state index < -0.39 is 0 Å². The molecule has 6 heterocycles. The van der Waals surface area contributed by atoms with Gasteiger partial charge in [0.25, 0.3) is 0 Å². The summed E-state index contributed by atoms with van der Waals surface area (Å²) in [5.41, 5.74) is 5.78. The van der Waals surface area contributed by atoms with Gasteiger partial charge in [0.05, 0.1) is 29.0 Å². The molecule has 2 N–H and O–H groups in total. The maximum atomic E-state index is 13.7. The van der Waals surface area contributed by atoms with Crippen LogP contribution in [0.5, 0.6) is 5.75 Å². The third kappa shape index (κ3) is 4.13. The predicted octanol–water partition coefficient (Wildman–Crippen LogP) is 6.54. The van der Waals surface area contributed by atoms with Crippen molar-refractivity contribution in [2.24, 2.45) is 0 Å². The fraction of sp³-hybridized carbons (Fsp3) is 0.222. The molecule has 0 bridgehead atoms. The van der Waals surface area contributed by atoms with Crippen LogP contribution in [0.1, 0.15) is 32.1 Å². The quantitative estimate of drug-likeness (QED) is 0.272. The zero-order valence-electron chi connectivity index (χ0n) is 19.7. The number of nitrogens with zero attached hydrogens (tertiary/aromatic N) is 5. The molecule has 0 saturated heterocycles. The molecule has 6 aromatic heterocycles. The van der Waals surface area contributed by atoms with Crippen molar-refractivity contribution >= 4 is 33.5 Å². The van der Waals surface area contributed by atoms with Crippen LogP contribution in [0.4, 0.5) is 4.39 Å². The summed E-state index contributed by atoms with van der Waals surface area (Å²) < 4.78 is 19.9. The minimum Gasteiger partial charge on any atom is -0.489 e. The molecule has 0 amide bonds. The first-order valence-corrected chi connectivity index (χ1v) is 13.1. The number of pyridine rings is 3. The predicted molar refractivity (Wildman–Crippen MR) is 141 cm³/mol. The normalized spacial score (nSPS) is 14.5. The number of aromatic nitrogens is 7. The van der Waals surface area contributed by atoms with Gasteiger partial charge in [-0.15, -0.1) is 11.3 Å². The van der Waals surface area contributed by atoms with Crippen LogP contribution in [-0.4, -0.2) is 41.2 Å². The molecule has 1 aliphatic rings. The highest BCUT2D eigenvalue weighted by molar-refractivity contribution is 7.14. The molecule has 1 saturated carbocycles. The van der Waals surface area contributed by atoms with Crippen molar-refractivity contribution < 1.29 is 9.13 Å². The van der Waals surface area contributed by atoms with E-state index in [1.807, 2.05) is 24.3 Å². The average molecular weight is 512 g/mol. The summed E-state index contributed by atoms with van der Waals surface area (Å²) in [6.45, 7) is 0. The molecular weight excluding hydrogens is 489 g/mol. The summed E-state index contributed by atoms with van der Waals surface area (Å²) in [7, 11) is 0. The first kappa shape index (κ1) is 22.1. The summed E-state index contributed by atoms with van der Waals surface area (Å²) in [6, 6.07) is 10.9. The van der Waals surface area contributed by atoms with Crippen molar-refractivity contribution in [2.75, 3.05) is 0 Å². The summed E-state index contributed by atoms with van der Waals surface area (Å²) in [5.74, 6) is 1.30. The molecule has 37 heavy (non-hydrogen) atoms. The third-order valence-corrected chi connectivity index (χ3v) is 7.63. The van der Waals surface area contributed by atoms with E-state index in [0.717, 1.165) is 62.7 Å². The number of rotatable bonds is 5. The molecule has 0 aromatic carbocycles. The van der Waals surface area contributed by atoms with Gasteiger partial charge >= 0.3 is 0 Å². The topological polar surface area (TPSA) is 105 Å². The number of fused-ring (bicyclic) bond motifs is 2. The molecule has 0 atom stereocenters. The van der Waals surface area contributed by atoms with Crippen molar-refractivity contribution in [3.05, 3.63) is 60.1 Å². The largest absolute Gasteiger partial charge is 0.489 e. The van der Waals surface area contributed by atoms with Crippen LogP contribution in [0.15, 0.2) is 55.0 Å². The minimum atomic E-state index is -0.238. The van der Waals surface area contributed by atoms with Crippen LogP contribution in [0.25, 0.3) is 55.4 Å². The molecule has 0 aliphatic heterocycles. The van der Waals surface area contributed by atoms with Gasteiger partial charge in [-0.1, -0.05) is 6.42 Å². The molecule has 1 fully saturated rings. The van der Waals surface area contributed by atoms with Gasteiger partial charge < -0.3 is 9.72 Å². The monoisotopic (exact) mass is 511 g/mol. The van der Waals surface area contributed by atoms with E-state index in [1.54, 1.807) is 24.7 Å². The van der Waals surface area contributed by atoms with E-state index in [9.17, 15) is 4.39 Å². The molecule has 0 radical (unpaired) electrons. The number of nitrogens with one attached hydrogen (secondary N) is 2. The third-order valence-electron chi connectivity index (χ3n) is 6.73. The van der Waals surface area contributed by atoms with Crippen LogP contribution in [0.3, 0.4) is 0 Å². The fourth-order valence-corrected chi connectivity index (χ4v) is 5.67. The maximum absolute atomic E-state index is 13.7. The number of hydrogen-bond donors (Lipinski definition) is 2. The number of aromatic amines is 2. The Morgan fingerprint density at radius 2 is 1.92 bits per heavy atom. The maximum Gasteiger partial charge on any atom is 0.178 e. The summed E-state index contributed by atoms with van der Waals surface area (Å²) in [6.07, 6.45) is 11.4. The van der Waals surface area contributed by atoms with Crippen LogP contribution in [0.2, 0.25) is 0 Å². The highest BCUT2D eigenvalue weighted by atomic mass is 32.1. The Kier molecular flexibility index (Phi) is 5.39. The van der Waals surface area contributed by atoms with E-state index >= 15 is 0 Å². The van der Waals surface area contributed by atoms with Crippen LogP contribution < -0.4 is 4.74 Å². The molecule has 7 rings (SSSR count). The lowest BCUT2D eigenvalue weighted by Crippen LogP contribution is -2.19. The average Bonchev–Trinajstić information content (AvgIpc) is 3.66. The fourth-order valence-electron chi connectivity index (χ4n) is 4.91. The van der Waals surface area contributed by atoms with Crippen molar-refractivity contribution in [2.45, 2.75) is 38.2 Å². The molecule has 6 aromatic rings. The SMILES string of the molecule is Fc1ccc(-c2ccnc3nc(-c4n[nH]c5ccc(-c6cncc(OC7CCCCC7)c6)nc45)[nH]c23)s1. The van der Waals surface area contributed by atoms with E-state index in [2.05, 4.69) is 30.1 Å². The van der Waals surface area contributed by atoms with Gasteiger partial charge in [0, 0.05) is 28.4 Å². The van der Waals surface area contributed by atoms with Crippen molar-refractivity contribution in [1.82, 2.24) is 35.1 Å². The second-order valence-corrected chi connectivity index (χ2v) is 10.2. The Balaban J connectivity index is 1.26. The van der Waals surface area contributed by atoms with E-state index in [0.29, 0.717) is 22.7 Å². The Morgan fingerprint density at radius 1 is 1.00 bits per heavy atom. The minimum absolute atomic E-state index is 0.238. The summed E-state index contributed by atoms with van der Waals surface area (Å²) in [5, 5.41) is 7.30. The number of H-pyrrole nitrogens is 2. The number of ether oxygens (including phenoxy) is 1. The van der Waals surface area contributed by atoms with Gasteiger partial charge in [0.2, 0.25) is 0 Å². The lowest BCUT2D eigenvalue weighted by molar-refractivity contribution is 0.154. The molecule has 0 spiro atoms. The molecule has 10 heteroatoms. The number of thiophene rings is 1. The first-order chi connectivity index (χ1) is 18.2. The van der Waals surface area contributed by atoms with Gasteiger partial charge in [-0.2, -0.15) is 9.49 Å². The van der Waals surface area contributed by atoms with Crippen LogP contribution in [0, 0.1) is 5.13 Å². The van der Waals surface area contributed by atoms with Gasteiger partial charge in [0.1, 0.15) is 11.3 Å². The second-order valence-electron chi connectivity index (χ2n) is 9.20. The van der Waals surface area contributed by atoms with Gasteiger partial charge in [0.15, 0.2) is 22.3 Å². The molecule has 0 unspecified atom stereocenters. The summed E-state index contributed by atoms with van der Waals surface area (Å²) >= 11 is 1.08. The van der Waals surface area contributed by atoms with Crippen LogP contribution in [-0.2, 0) is 0 Å². The number of hydrogen-bond acceptors (Lipinski definition) is 7. The smallest absolute Gasteiger partial charge is 0.178 e. The zero-order chi connectivity index (χ0) is 24.8. The van der Waals surface area contributed by atoms with Crippen molar-refractivity contribution in [3.8, 4) is 39.0 Å². The van der Waals surface area contributed by atoms with E-state index in [4.69, 9.17) is 9.72 Å². The van der Waals surface area contributed by atoms with Crippen molar-refractivity contribution in [1.29, 1.82) is 0 Å². The Hall–Kier alpha value is -4.18. The van der Waals surface area contributed by atoms with Crippen LogP contribution >= 0.6 is 11.3 Å². The Bertz CT molecular complexity index is 1730. The van der Waals surface area contributed by atoms with Gasteiger partial charge in [-0.05, 0) is 62.1 Å². The van der Waals surface area contributed by atoms with Crippen molar-refractivity contribution in [3.63, 3.8) is 0 Å². The van der Waals surface area contributed by atoms with Gasteiger partial charge in [-0.25, -0.2) is 15.0 Å². The highest BCUT2D eigenvalue weighted by Crippen LogP contribution is 2.34. The number of imidazole rings is 1. The highest BCUT2D eigenvalue weighted by Gasteiger charge is 2.19. The lowest BCUT2D eigenvalue weighted by atomic mass is 9.98. The van der Waals surface area contributed by atoms with Gasteiger partial charge in [-0.3, -0.25) is 10.1 Å². The number of halogens is 1. The zero-order valence-corrected chi connectivity index (χ0v) is 20.6. The first-order valence-electron chi connectivity index (χ1n) is 12.3. The molecule has 8 nitrogen and oxygen atoms in total. The summed E-state index contributed by atoms with van der Waals surface area (Å²) in [4.78, 5) is 22.5. The second kappa shape index (κ2) is 9.04. The Morgan fingerprint density at radius 3 is 2.78 bits per heavy atom. The standard InChI is InChI=1S/C27H22FN7OS/c28-22-9-8-21(37-22)18-10-11-30-26-23(18)32-27(33-26)25-24-20(34-35-25)7-6-19(31-24)15-12-17(14-29-13-15)36-16-4-2-1-3-5-16/h6-14,16H,1-5H2,(H,34,35)(H,30,32,33). The van der Waals surface area contributed by atoms with E-state index in [1.165, 1.54) is 25.3 Å². The van der Waals surface area contributed by atoms with E-state index in [-0.39, 0.29) is 11.2 Å². The molecule has 184 valence electrons.